The molecular formula is C19H17N3O4. The summed E-state index contributed by atoms with van der Waals surface area (Å²) in [5, 5.41) is 4.06. The van der Waals surface area contributed by atoms with E-state index in [1.165, 1.54) is 0 Å². The quantitative estimate of drug-likeness (QED) is 0.718. The highest BCUT2D eigenvalue weighted by atomic mass is 16.5. The van der Waals surface area contributed by atoms with Gasteiger partial charge >= 0.3 is 0 Å². The average molecular weight is 351 g/mol. The summed E-state index contributed by atoms with van der Waals surface area (Å²) in [6.07, 6.45) is 0. The number of methoxy groups -OCH3 is 1. The molecule has 3 aromatic rings. The Morgan fingerprint density at radius 2 is 1.92 bits per heavy atom. The van der Waals surface area contributed by atoms with Gasteiger partial charge in [-0.05, 0) is 49.4 Å². The van der Waals surface area contributed by atoms with E-state index < -0.39 is 0 Å². The lowest BCUT2D eigenvalue weighted by atomic mass is 10.1. The standard InChI is InChI=1S/C19H17N3O4/c1-3-22-15-10-13(6-9-16(15)25-11-17(22)23)18-20-19(26-21-18)12-4-7-14(24-2)8-5-12/h4-10H,3,11H2,1-2H3. The van der Waals surface area contributed by atoms with Crippen LogP contribution < -0.4 is 14.4 Å². The van der Waals surface area contributed by atoms with Crippen LogP contribution in [0.2, 0.25) is 0 Å². The van der Waals surface area contributed by atoms with E-state index in [0.717, 1.165) is 22.6 Å². The van der Waals surface area contributed by atoms with Gasteiger partial charge in [0.05, 0.1) is 12.8 Å². The summed E-state index contributed by atoms with van der Waals surface area (Å²) in [5.41, 5.74) is 2.28. The second kappa shape index (κ2) is 6.51. The third-order valence-electron chi connectivity index (χ3n) is 4.24. The lowest BCUT2D eigenvalue weighted by Gasteiger charge is -2.28. The Bertz CT molecular complexity index is 950. The fourth-order valence-electron chi connectivity index (χ4n) is 2.88. The summed E-state index contributed by atoms with van der Waals surface area (Å²) in [5.74, 6) is 2.23. The monoisotopic (exact) mass is 351 g/mol. The molecule has 1 amide bonds. The van der Waals surface area contributed by atoms with Gasteiger partial charge in [-0.25, -0.2) is 0 Å². The lowest BCUT2D eigenvalue weighted by Crippen LogP contribution is -2.38. The van der Waals surface area contributed by atoms with Crippen LogP contribution in [0.1, 0.15) is 6.92 Å². The van der Waals surface area contributed by atoms with E-state index in [1.807, 2.05) is 49.4 Å². The molecule has 1 aliphatic heterocycles. The molecule has 4 rings (SSSR count). The largest absolute Gasteiger partial charge is 0.497 e. The van der Waals surface area contributed by atoms with Crippen LogP contribution in [0.15, 0.2) is 47.0 Å². The molecule has 0 saturated heterocycles. The topological polar surface area (TPSA) is 77.7 Å². The van der Waals surface area contributed by atoms with Crippen LogP contribution >= 0.6 is 0 Å². The van der Waals surface area contributed by atoms with Crippen molar-refractivity contribution in [3.63, 3.8) is 0 Å². The molecule has 26 heavy (non-hydrogen) atoms. The van der Waals surface area contributed by atoms with Gasteiger partial charge in [-0.15, -0.1) is 0 Å². The smallest absolute Gasteiger partial charge is 0.265 e. The van der Waals surface area contributed by atoms with Gasteiger partial charge in [0.15, 0.2) is 6.61 Å². The van der Waals surface area contributed by atoms with Gasteiger partial charge in [-0.3, -0.25) is 4.79 Å². The van der Waals surface area contributed by atoms with Crippen molar-refractivity contribution < 1.29 is 18.8 Å². The number of anilines is 1. The molecule has 2 heterocycles. The fourth-order valence-corrected chi connectivity index (χ4v) is 2.88. The first-order valence-electron chi connectivity index (χ1n) is 8.25. The number of nitrogens with zero attached hydrogens (tertiary/aromatic N) is 3. The Morgan fingerprint density at radius 3 is 2.65 bits per heavy atom. The van der Waals surface area contributed by atoms with E-state index >= 15 is 0 Å². The number of benzene rings is 2. The Morgan fingerprint density at radius 1 is 1.15 bits per heavy atom. The number of hydrogen-bond acceptors (Lipinski definition) is 6. The molecule has 0 N–H and O–H groups in total. The van der Waals surface area contributed by atoms with Gasteiger partial charge in [-0.1, -0.05) is 5.16 Å². The Balaban J connectivity index is 1.67. The molecule has 0 bridgehead atoms. The summed E-state index contributed by atoms with van der Waals surface area (Å²) in [6, 6.07) is 12.9. The first-order chi connectivity index (χ1) is 12.7. The molecule has 0 fully saturated rings. The third kappa shape index (κ3) is 2.77. The number of ether oxygens (including phenoxy) is 2. The lowest BCUT2D eigenvalue weighted by molar-refractivity contribution is -0.121. The molecule has 7 nitrogen and oxygen atoms in total. The zero-order chi connectivity index (χ0) is 18.1. The third-order valence-corrected chi connectivity index (χ3v) is 4.24. The van der Waals surface area contributed by atoms with Crippen molar-refractivity contribution in [2.24, 2.45) is 0 Å². The Hall–Kier alpha value is -3.35. The number of carbonyl (C=O) groups excluding carboxylic acids is 1. The number of hydrogen-bond donors (Lipinski definition) is 0. The van der Waals surface area contributed by atoms with Crippen molar-refractivity contribution in [3.8, 4) is 34.3 Å². The van der Waals surface area contributed by atoms with Crippen LogP contribution in [0.3, 0.4) is 0 Å². The van der Waals surface area contributed by atoms with Crippen molar-refractivity contribution in [2.45, 2.75) is 6.92 Å². The summed E-state index contributed by atoms with van der Waals surface area (Å²) in [7, 11) is 1.62. The highest BCUT2D eigenvalue weighted by Crippen LogP contribution is 2.35. The minimum absolute atomic E-state index is 0.0595. The van der Waals surface area contributed by atoms with Crippen LogP contribution in [0.5, 0.6) is 11.5 Å². The molecule has 0 aliphatic carbocycles. The molecule has 1 aliphatic rings. The number of rotatable bonds is 4. The zero-order valence-corrected chi connectivity index (χ0v) is 14.4. The molecule has 7 heteroatoms. The maximum Gasteiger partial charge on any atom is 0.265 e. The molecule has 0 spiro atoms. The molecule has 0 saturated carbocycles. The van der Waals surface area contributed by atoms with Gasteiger partial charge in [0, 0.05) is 17.7 Å². The molecule has 0 radical (unpaired) electrons. The molecule has 2 aromatic carbocycles. The number of likely N-dealkylation sites (N-methyl/N-ethyl adjacent to an activating group) is 1. The maximum absolute atomic E-state index is 12.0. The van der Waals surface area contributed by atoms with Crippen LogP contribution in [0.25, 0.3) is 22.8 Å². The Labute approximate surface area is 150 Å². The van der Waals surface area contributed by atoms with Crippen LogP contribution in [0, 0.1) is 0 Å². The van der Waals surface area contributed by atoms with Gasteiger partial charge in [0.25, 0.3) is 11.8 Å². The van der Waals surface area contributed by atoms with Gasteiger partial charge in [0.2, 0.25) is 5.82 Å². The van der Waals surface area contributed by atoms with Crippen molar-refractivity contribution in [1.29, 1.82) is 0 Å². The molecule has 132 valence electrons. The van der Waals surface area contributed by atoms with E-state index in [9.17, 15) is 4.79 Å². The van der Waals surface area contributed by atoms with Crippen molar-refractivity contribution in [2.75, 3.05) is 25.2 Å². The zero-order valence-electron chi connectivity index (χ0n) is 14.4. The van der Waals surface area contributed by atoms with E-state index in [4.69, 9.17) is 14.0 Å². The molecule has 1 aromatic heterocycles. The number of fused-ring (bicyclic) bond motifs is 1. The summed E-state index contributed by atoms with van der Waals surface area (Å²) < 4.78 is 16.0. The van der Waals surface area contributed by atoms with E-state index in [1.54, 1.807) is 12.0 Å². The van der Waals surface area contributed by atoms with Crippen molar-refractivity contribution in [1.82, 2.24) is 10.1 Å². The first-order valence-corrected chi connectivity index (χ1v) is 8.25. The SMILES string of the molecule is CCN1C(=O)COc2ccc(-c3noc(-c4ccc(OC)cc4)n3)cc21. The minimum Gasteiger partial charge on any atom is -0.497 e. The summed E-state index contributed by atoms with van der Waals surface area (Å²) in [6.45, 7) is 2.56. The fraction of sp³-hybridized carbons (Fsp3) is 0.211. The predicted octanol–water partition coefficient (Wildman–Crippen LogP) is 3.16. The van der Waals surface area contributed by atoms with Crippen LogP contribution in [-0.2, 0) is 4.79 Å². The minimum atomic E-state index is -0.0656. The number of amides is 1. The predicted molar refractivity (Wildman–Crippen MR) is 95.2 cm³/mol. The second-order valence-corrected chi connectivity index (χ2v) is 5.76. The van der Waals surface area contributed by atoms with E-state index in [2.05, 4.69) is 10.1 Å². The Kier molecular flexibility index (Phi) is 4.04. The van der Waals surface area contributed by atoms with Gasteiger partial charge in [-0.2, -0.15) is 4.98 Å². The van der Waals surface area contributed by atoms with Gasteiger partial charge in [0.1, 0.15) is 11.5 Å². The first kappa shape index (κ1) is 16.1. The van der Waals surface area contributed by atoms with Crippen molar-refractivity contribution >= 4 is 11.6 Å². The molecule has 0 unspecified atom stereocenters. The molecule has 0 atom stereocenters. The highest BCUT2D eigenvalue weighted by Gasteiger charge is 2.25. The summed E-state index contributed by atoms with van der Waals surface area (Å²) in [4.78, 5) is 18.2. The normalized spacial score (nSPS) is 13.3. The average Bonchev–Trinajstić information content (AvgIpc) is 3.18. The highest BCUT2D eigenvalue weighted by molar-refractivity contribution is 5.98. The van der Waals surface area contributed by atoms with Gasteiger partial charge < -0.3 is 18.9 Å². The van der Waals surface area contributed by atoms with Crippen LogP contribution in [-0.4, -0.2) is 36.3 Å². The van der Waals surface area contributed by atoms with Crippen molar-refractivity contribution in [3.05, 3.63) is 42.5 Å². The molecular weight excluding hydrogens is 334 g/mol. The summed E-state index contributed by atoms with van der Waals surface area (Å²) >= 11 is 0. The van der Waals surface area contributed by atoms with E-state index in [0.29, 0.717) is 24.0 Å². The van der Waals surface area contributed by atoms with Crippen LogP contribution in [0.4, 0.5) is 5.69 Å². The number of aromatic nitrogens is 2. The number of carbonyl (C=O) groups is 1. The van der Waals surface area contributed by atoms with E-state index in [-0.39, 0.29) is 12.5 Å². The maximum atomic E-state index is 12.0. The second-order valence-electron chi connectivity index (χ2n) is 5.76.